The number of carbonyl (C=O) groups is 1. The van der Waals surface area contributed by atoms with E-state index in [1.54, 1.807) is 18.2 Å². The average molecular weight is 375 g/mol. The lowest BCUT2D eigenvalue weighted by Crippen LogP contribution is -2.21. The van der Waals surface area contributed by atoms with Gasteiger partial charge in [-0.15, -0.1) is 0 Å². The van der Waals surface area contributed by atoms with Crippen molar-refractivity contribution in [3.63, 3.8) is 0 Å². The van der Waals surface area contributed by atoms with Crippen LogP contribution in [-0.2, 0) is 9.47 Å². The molecule has 0 heterocycles. The third-order valence-corrected chi connectivity index (χ3v) is 3.01. The summed E-state index contributed by atoms with van der Waals surface area (Å²) in [5.74, 6) is -0.215. The molecular weight excluding hydrogens is 355 g/mol. The molecule has 0 spiro atoms. The van der Waals surface area contributed by atoms with Crippen LogP contribution in [0.25, 0.3) is 0 Å². The highest BCUT2D eigenvalue weighted by atomic mass is 19.4. The van der Waals surface area contributed by atoms with Gasteiger partial charge in [0.15, 0.2) is 11.8 Å². The van der Waals surface area contributed by atoms with Crippen LogP contribution in [0.2, 0.25) is 0 Å². The predicted molar refractivity (Wildman–Crippen MR) is 87.5 cm³/mol. The molecule has 144 valence electrons. The Morgan fingerprint density at radius 2 is 2.00 bits per heavy atom. The number of hydrogen-bond donors (Lipinski definition) is 3. The standard InChI is InChI=1S/C16H20F3N3O4/c1-10(20)25-14(21)9-13(26-15(22)23)11-4-2-5-12(8-11)24-7-3-6-16(17,18)19/h2,4-5,8,13,20-21H,3,6-7,9H2,1H3,(H2,22,23). The minimum Gasteiger partial charge on any atom is -0.494 e. The van der Waals surface area contributed by atoms with E-state index in [4.69, 9.17) is 30.8 Å². The van der Waals surface area contributed by atoms with Gasteiger partial charge in [0.2, 0.25) is 0 Å². The number of hydrogen-bond acceptors (Lipinski definition) is 6. The molecule has 1 aromatic carbocycles. The summed E-state index contributed by atoms with van der Waals surface area (Å²) < 4.78 is 51.4. The Labute approximate surface area is 148 Å². The Balaban J connectivity index is 2.76. The summed E-state index contributed by atoms with van der Waals surface area (Å²) in [4.78, 5) is 11.1. The predicted octanol–water partition coefficient (Wildman–Crippen LogP) is 3.93. The molecule has 1 aromatic rings. The van der Waals surface area contributed by atoms with Crippen LogP contribution in [0.5, 0.6) is 5.75 Å². The molecule has 4 N–H and O–H groups in total. The van der Waals surface area contributed by atoms with Crippen LogP contribution in [0, 0.1) is 10.8 Å². The lowest BCUT2D eigenvalue weighted by molar-refractivity contribution is -0.136. The quantitative estimate of drug-likeness (QED) is 0.362. The molecule has 0 radical (unpaired) electrons. The first-order chi connectivity index (χ1) is 12.1. The highest BCUT2D eigenvalue weighted by Gasteiger charge is 2.26. The topological polar surface area (TPSA) is 118 Å². The fraction of sp³-hybridized carbons (Fsp3) is 0.438. The zero-order chi connectivity index (χ0) is 19.7. The van der Waals surface area contributed by atoms with Gasteiger partial charge in [-0.2, -0.15) is 13.2 Å². The number of alkyl halides is 3. The molecule has 1 atom stereocenters. The van der Waals surface area contributed by atoms with Crippen molar-refractivity contribution in [1.29, 1.82) is 10.8 Å². The van der Waals surface area contributed by atoms with Crippen molar-refractivity contribution < 1.29 is 32.2 Å². The number of nitrogens with one attached hydrogen (secondary N) is 2. The second kappa shape index (κ2) is 9.64. The molecular formula is C16H20F3N3O4. The monoisotopic (exact) mass is 375 g/mol. The Hall–Kier alpha value is -2.78. The van der Waals surface area contributed by atoms with E-state index in [9.17, 15) is 18.0 Å². The SMILES string of the molecule is CC(=N)OC(=N)CC(OC(N)=O)c1cccc(OCCCC(F)(F)F)c1. The van der Waals surface area contributed by atoms with Crippen molar-refractivity contribution in [1.82, 2.24) is 0 Å². The van der Waals surface area contributed by atoms with Crippen molar-refractivity contribution in [2.24, 2.45) is 5.73 Å². The number of halogens is 3. The van der Waals surface area contributed by atoms with E-state index in [2.05, 4.69) is 0 Å². The van der Waals surface area contributed by atoms with E-state index in [0.29, 0.717) is 11.3 Å². The summed E-state index contributed by atoms with van der Waals surface area (Å²) in [5.41, 5.74) is 5.46. The molecule has 1 amide bonds. The zero-order valence-electron chi connectivity index (χ0n) is 14.1. The van der Waals surface area contributed by atoms with E-state index in [0.717, 1.165) is 0 Å². The lowest BCUT2D eigenvalue weighted by atomic mass is 10.1. The first-order valence-corrected chi connectivity index (χ1v) is 7.63. The largest absolute Gasteiger partial charge is 0.494 e. The number of rotatable bonds is 8. The van der Waals surface area contributed by atoms with Gasteiger partial charge in [0.25, 0.3) is 0 Å². The van der Waals surface area contributed by atoms with Crippen molar-refractivity contribution >= 4 is 17.9 Å². The van der Waals surface area contributed by atoms with Gasteiger partial charge in [0.05, 0.1) is 13.0 Å². The zero-order valence-corrected chi connectivity index (χ0v) is 14.1. The Bertz CT molecular complexity index is 650. The van der Waals surface area contributed by atoms with Gasteiger partial charge in [0.1, 0.15) is 11.9 Å². The fourth-order valence-corrected chi connectivity index (χ4v) is 2.03. The van der Waals surface area contributed by atoms with Crippen LogP contribution >= 0.6 is 0 Å². The third-order valence-electron chi connectivity index (χ3n) is 3.01. The van der Waals surface area contributed by atoms with Crippen molar-refractivity contribution in [2.45, 2.75) is 38.5 Å². The van der Waals surface area contributed by atoms with Crippen LogP contribution < -0.4 is 10.5 Å². The Morgan fingerprint density at radius 1 is 1.31 bits per heavy atom. The molecule has 0 bridgehead atoms. The summed E-state index contributed by atoms with van der Waals surface area (Å²) in [6.07, 6.45) is -7.57. The summed E-state index contributed by atoms with van der Waals surface area (Å²) in [6.45, 7) is 1.21. The van der Waals surface area contributed by atoms with E-state index >= 15 is 0 Å². The number of nitrogens with two attached hydrogens (primary N) is 1. The van der Waals surface area contributed by atoms with Crippen LogP contribution in [0.3, 0.4) is 0 Å². The Kier molecular flexibility index (Phi) is 7.88. The molecule has 0 aromatic heterocycles. The molecule has 0 saturated carbocycles. The summed E-state index contributed by atoms with van der Waals surface area (Å²) in [6, 6.07) is 6.17. The molecule has 1 rings (SSSR count). The van der Waals surface area contributed by atoms with Crippen molar-refractivity contribution in [2.75, 3.05) is 6.61 Å². The van der Waals surface area contributed by atoms with Crippen LogP contribution in [0.1, 0.15) is 37.9 Å². The smallest absolute Gasteiger partial charge is 0.405 e. The summed E-state index contributed by atoms with van der Waals surface area (Å²) in [5, 5.41) is 14.8. The number of benzene rings is 1. The maximum Gasteiger partial charge on any atom is 0.405 e. The molecule has 0 aliphatic carbocycles. The number of primary amides is 1. The normalized spacial score (nSPS) is 12.2. The number of carbonyl (C=O) groups excluding carboxylic acids is 1. The van der Waals surface area contributed by atoms with Gasteiger partial charge in [-0.1, -0.05) is 12.1 Å². The molecule has 7 nitrogen and oxygen atoms in total. The van der Waals surface area contributed by atoms with E-state index in [1.165, 1.54) is 13.0 Å². The summed E-state index contributed by atoms with van der Waals surface area (Å²) >= 11 is 0. The van der Waals surface area contributed by atoms with Crippen molar-refractivity contribution in [3.05, 3.63) is 29.8 Å². The first kappa shape index (κ1) is 21.3. The average Bonchev–Trinajstić information content (AvgIpc) is 2.49. The van der Waals surface area contributed by atoms with Gasteiger partial charge in [-0.05, 0) is 24.1 Å². The molecule has 0 aliphatic heterocycles. The lowest BCUT2D eigenvalue weighted by Gasteiger charge is -2.18. The number of ether oxygens (including phenoxy) is 3. The van der Waals surface area contributed by atoms with Gasteiger partial charge < -0.3 is 19.9 Å². The molecule has 0 saturated heterocycles. The van der Waals surface area contributed by atoms with Gasteiger partial charge in [-0.25, -0.2) is 4.79 Å². The van der Waals surface area contributed by atoms with Crippen LogP contribution in [0.4, 0.5) is 18.0 Å². The molecule has 0 fully saturated rings. The van der Waals surface area contributed by atoms with Crippen molar-refractivity contribution in [3.8, 4) is 5.75 Å². The highest BCUT2D eigenvalue weighted by molar-refractivity contribution is 5.87. The van der Waals surface area contributed by atoms with E-state index in [-0.39, 0.29) is 31.2 Å². The van der Waals surface area contributed by atoms with Crippen LogP contribution in [0.15, 0.2) is 24.3 Å². The third kappa shape index (κ3) is 8.90. The second-order valence-electron chi connectivity index (χ2n) is 5.35. The minimum absolute atomic E-state index is 0.129. The summed E-state index contributed by atoms with van der Waals surface area (Å²) in [7, 11) is 0. The van der Waals surface area contributed by atoms with Gasteiger partial charge >= 0.3 is 12.3 Å². The van der Waals surface area contributed by atoms with Gasteiger partial charge in [0, 0.05) is 13.3 Å². The maximum absolute atomic E-state index is 12.1. The van der Waals surface area contributed by atoms with E-state index in [1.807, 2.05) is 0 Å². The molecule has 26 heavy (non-hydrogen) atoms. The number of amides is 1. The Morgan fingerprint density at radius 3 is 2.58 bits per heavy atom. The molecule has 10 heteroatoms. The maximum atomic E-state index is 12.1. The second-order valence-corrected chi connectivity index (χ2v) is 5.35. The highest BCUT2D eigenvalue weighted by Crippen LogP contribution is 2.26. The molecule has 0 aliphatic rings. The first-order valence-electron chi connectivity index (χ1n) is 7.63. The molecule has 1 unspecified atom stereocenters. The van der Waals surface area contributed by atoms with E-state index < -0.39 is 24.8 Å². The minimum atomic E-state index is -4.24. The fourth-order valence-electron chi connectivity index (χ4n) is 2.03. The van der Waals surface area contributed by atoms with Crippen LogP contribution in [-0.4, -0.2) is 30.7 Å². The van der Waals surface area contributed by atoms with Gasteiger partial charge in [-0.3, -0.25) is 10.8 Å².